The number of halogens is 1. The van der Waals surface area contributed by atoms with Crippen LogP contribution < -0.4 is 4.90 Å². The third-order valence-corrected chi connectivity index (χ3v) is 15.3. The summed E-state index contributed by atoms with van der Waals surface area (Å²) in [5.41, 5.74) is 14.8. The van der Waals surface area contributed by atoms with Crippen molar-refractivity contribution in [3.63, 3.8) is 0 Å². The number of hydrogen-bond acceptors (Lipinski definition) is 12. The third-order valence-electron chi connectivity index (χ3n) is 13.3. The van der Waals surface area contributed by atoms with Gasteiger partial charge in [0.1, 0.15) is 33.1 Å². The topological polar surface area (TPSA) is 99.0 Å². The van der Waals surface area contributed by atoms with E-state index in [2.05, 4.69) is 127 Å². The maximum absolute atomic E-state index is 7.31. The van der Waals surface area contributed by atoms with Crippen LogP contribution in [0.1, 0.15) is 41.4 Å². The number of ether oxygens (including phenoxy) is 2. The molecule has 0 N–H and O–H groups in total. The molecular weight excluding hydrogens is 874 g/mol. The second-order valence-electron chi connectivity index (χ2n) is 16.8. The minimum atomic E-state index is 0.103. The van der Waals surface area contributed by atoms with Gasteiger partial charge in [-0.15, -0.1) is 0 Å². The lowest BCUT2D eigenvalue weighted by molar-refractivity contribution is 0.194. The number of benzene rings is 8. The Balaban J connectivity index is 1.13. The Morgan fingerprint density at radius 1 is 0.500 bits per heavy atom. The molecule has 312 valence electrons. The van der Waals surface area contributed by atoms with Gasteiger partial charge in [-0.3, -0.25) is 0 Å². The van der Waals surface area contributed by atoms with Crippen LogP contribution in [-0.4, -0.2) is 52.7 Å². The summed E-state index contributed by atoms with van der Waals surface area (Å²) in [5.74, 6) is 0.238. The molecular formula is C51H36ClN7O2S3. The van der Waals surface area contributed by atoms with Crippen LogP contribution in [0.15, 0.2) is 115 Å². The van der Waals surface area contributed by atoms with Crippen LogP contribution >= 0.6 is 46.8 Å². The highest BCUT2D eigenvalue weighted by Crippen LogP contribution is 2.52. The molecule has 0 amide bonds. The molecule has 3 aromatic heterocycles. The van der Waals surface area contributed by atoms with E-state index in [1.54, 1.807) is 0 Å². The molecule has 0 spiro atoms. The van der Waals surface area contributed by atoms with Crippen molar-refractivity contribution in [2.24, 2.45) is 0 Å². The summed E-state index contributed by atoms with van der Waals surface area (Å²) in [5, 5.41) is 7.67. The number of fused-ring (bicyclic) bond motifs is 6. The number of hydrogen-bond donors (Lipinski definition) is 0. The van der Waals surface area contributed by atoms with Crippen molar-refractivity contribution in [2.75, 3.05) is 31.3 Å². The molecule has 2 aliphatic rings. The smallest absolute Gasteiger partial charge is 0.130 e. The van der Waals surface area contributed by atoms with Gasteiger partial charge in [0.2, 0.25) is 0 Å². The van der Waals surface area contributed by atoms with E-state index < -0.39 is 0 Å². The van der Waals surface area contributed by atoms with E-state index in [0.717, 1.165) is 85.4 Å². The maximum Gasteiger partial charge on any atom is 0.130 e. The van der Waals surface area contributed by atoms with E-state index in [-0.39, 0.29) is 11.8 Å². The van der Waals surface area contributed by atoms with Crippen LogP contribution in [0, 0.1) is 6.92 Å². The van der Waals surface area contributed by atoms with Crippen molar-refractivity contribution >= 4 is 129 Å². The van der Waals surface area contributed by atoms with E-state index >= 15 is 0 Å². The predicted octanol–water partition coefficient (Wildman–Crippen LogP) is 13.9. The van der Waals surface area contributed by atoms with E-state index in [9.17, 15) is 0 Å². The predicted molar refractivity (Wildman–Crippen MR) is 264 cm³/mol. The monoisotopic (exact) mass is 909 g/mol. The molecule has 13 rings (SSSR count). The van der Waals surface area contributed by atoms with Crippen molar-refractivity contribution in [1.82, 2.24) is 26.2 Å². The minimum Gasteiger partial charge on any atom is -0.381 e. The molecule has 13 heteroatoms. The van der Waals surface area contributed by atoms with E-state index in [1.165, 1.54) is 73.1 Å². The first-order chi connectivity index (χ1) is 31.6. The Labute approximate surface area is 384 Å². The van der Waals surface area contributed by atoms with Gasteiger partial charge in [0.05, 0.1) is 70.5 Å². The molecule has 0 radical (unpaired) electrons. The van der Waals surface area contributed by atoms with Crippen LogP contribution in [-0.2, 0) is 9.47 Å². The summed E-state index contributed by atoms with van der Waals surface area (Å²) in [4.78, 5) is 2.30. The summed E-state index contributed by atoms with van der Waals surface area (Å²) in [6.07, 6.45) is 1.75. The van der Waals surface area contributed by atoms with Gasteiger partial charge in [-0.05, 0) is 110 Å². The van der Waals surface area contributed by atoms with Gasteiger partial charge in [-0.2, -0.15) is 26.2 Å². The number of nitrogens with zero attached hydrogens (tertiary/aromatic N) is 7. The molecule has 2 fully saturated rings. The number of aryl methyl sites for hydroxylation is 1. The zero-order valence-corrected chi connectivity index (χ0v) is 37.6. The molecule has 0 aliphatic carbocycles. The molecule has 9 nitrogen and oxygen atoms in total. The Kier molecular flexibility index (Phi) is 9.21. The fourth-order valence-corrected chi connectivity index (χ4v) is 12.3. The average Bonchev–Trinajstić information content (AvgIpc) is 4.19. The summed E-state index contributed by atoms with van der Waals surface area (Å²) in [6, 6.07) is 41.5. The lowest BCUT2D eigenvalue weighted by Crippen LogP contribution is -2.15. The quantitative estimate of drug-likeness (QED) is 0.145. The summed E-state index contributed by atoms with van der Waals surface area (Å²) in [6.45, 7) is 4.76. The normalized spacial score (nSPS) is 16.7. The first-order valence-corrected chi connectivity index (χ1v) is 24.0. The van der Waals surface area contributed by atoms with Crippen LogP contribution in [0.25, 0.3) is 87.7 Å². The summed E-state index contributed by atoms with van der Waals surface area (Å²) >= 11 is 10.9. The molecule has 2 saturated heterocycles. The SMILES string of the molecule is Cc1cc(N(c2cc(C3CCOC3)c(Cl)c3nsnc23)c2cc(C3CCOC3)c(-c3ccc4ccccc4c3)c3nsnc23)c2nsnc2c1-c1c2ccccc2cc2ccccc12. The Bertz CT molecular complexity index is 3610. The lowest BCUT2D eigenvalue weighted by atomic mass is 9.87. The largest absolute Gasteiger partial charge is 0.381 e. The van der Waals surface area contributed by atoms with Crippen LogP contribution in [0.4, 0.5) is 17.1 Å². The highest BCUT2D eigenvalue weighted by atomic mass is 35.5. The van der Waals surface area contributed by atoms with Crippen molar-refractivity contribution in [1.29, 1.82) is 0 Å². The van der Waals surface area contributed by atoms with E-state index in [1.807, 2.05) is 0 Å². The number of aromatic nitrogens is 6. The zero-order chi connectivity index (χ0) is 42.5. The first-order valence-electron chi connectivity index (χ1n) is 21.4. The molecule has 2 unspecified atom stereocenters. The highest BCUT2D eigenvalue weighted by Gasteiger charge is 2.34. The molecule has 2 atom stereocenters. The molecule has 2 aliphatic heterocycles. The molecule has 5 heterocycles. The second-order valence-corrected chi connectivity index (χ2v) is 18.8. The van der Waals surface area contributed by atoms with Crippen LogP contribution in [0.2, 0.25) is 5.02 Å². The van der Waals surface area contributed by atoms with Gasteiger partial charge in [0, 0.05) is 36.2 Å². The fraction of sp³-hybridized carbons (Fsp3) is 0.176. The zero-order valence-electron chi connectivity index (χ0n) is 34.4. The van der Waals surface area contributed by atoms with Crippen LogP contribution in [0.5, 0.6) is 0 Å². The Hall–Kier alpha value is -5.99. The second kappa shape index (κ2) is 15.3. The van der Waals surface area contributed by atoms with Crippen molar-refractivity contribution < 1.29 is 9.47 Å². The minimum absolute atomic E-state index is 0.103. The van der Waals surface area contributed by atoms with Gasteiger partial charge < -0.3 is 14.4 Å². The van der Waals surface area contributed by atoms with Crippen molar-refractivity contribution in [3.8, 4) is 22.3 Å². The molecule has 11 aromatic rings. The van der Waals surface area contributed by atoms with E-state index in [0.29, 0.717) is 42.5 Å². The average molecular weight is 911 g/mol. The van der Waals surface area contributed by atoms with Gasteiger partial charge in [-0.25, -0.2) is 0 Å². The van der Waals surface area contributed by atoms with Gasteiger partial charge in [0.15, 0.2) is 0 Å². The lowest BCUT2D eigenvalue weighted by Gasteiger charge is -2.30. The third kappa shape index (κ3) is 6.00. The molecule has 0 saturated carbocycles. The van der Waals surface area contributed by atoms with Gasteiger partial charge >= 0.3 is 0 Å². The molecule has 8 aromatic carbocycles. The summed E-state index contributed by atoms with van der Waals surface area (Å²) in [7, 11) is 0. The Morgan fingerprint density at radius 3 is 1.66 bits per heavy atom. The van der Waals surface area contributed by atoms with Crippen molar-refractivity contribution in [3.05, 3.63) is 137 Å². The Morgan fingerprint density at radius 2 is 1.02 bits per heavy atom. The molecule has 64 heavy (non-hydrogen) atoms. The van der Waals surface area contributed by atoms with Gasteiger partial charge in [-0.1, -0.05) is 96.5 Å². The van der Waals surface area contributed by atoms with Gasteiger partial charge in [0.25, 0.3) is 0 Å². The number of anilines is 3. The summed E-state index contributed by atoms with van der Waals surface area (Å²) < 4.78 is 42.6. The fourth-order valence-electron chi connectivity index (χ4n) is 10.2. The van der Waals surface area contributed by atoms with Crippen LogP contribution in [0.3, 0.4) is 0 Å². The number of rotatable bonds is 7. The van der Waals surface area contributed by atoms with E-state index in [4.69, 9.17) is 47.3 Å². The highest BCUT2D eigenvalue weighted by molar-refractivity contribution is 7.00. The van der Waals surface area contributed by atoms with Crippen molar-refractivity contribution in [2.45, 2.75) is 31.6 Å². The first kappa shape index (κ1) is 38.5. The maximum atomic E-state index is 7.31. The molecule has 0 bridgehead atoms. The standard InChI is InChI=1S/C51H36ClN7O2S3/c1-27-20-39(46-49(56-62-53-46)42(27)44-35-12-6-4-10-30(35)22-31-11-5-7-13-36(31)44)59(41-24-38(34-17-19-61-26-34)45(52)51-48(41)55-64-58-51)40-23-37(33-16-18-60-25-33)43(50-47(40)54-63-57-50)32-15-14-28-8-2-3-9-29(28)21-32/h2-15,20-24,33-34H,16-19,25-26H2,1H3.